The quantitative estimate of drug-likeness (QED) is 0.518. The number of benzene rings is 1. The molecular formula is C13H12F5NO6S2. The summed E-state index contributed by atoms with van der Waals surface area (Å²) in [7, 11) is -13.0. The van der Waals surface area contributed by atoms with Crippen molar-refractivity contribution in [2.24, 2.45) is 0 Å². The Labute approximate surface area is 150 Å². The molecule has 0 aliphatic carbocycles. The highest BCUT2D eigenvalue weighted by Gasteiger charge is 2.58. The van der Waals surface area contributed by atoms with Gasteiger partial charge in [-0.1, -0.05) is 28.9 Å². The Balaban J connectivity index is 3.04. The van der Waals surface area contributed by atoms with E-state index < -0.39 is 42.9 Å². The molecule has 0 bridgehead atoms. The molecule has 7 nitrogen and oxygen atoms in total. The highest BCUT2D eigenvalue weighted by molar-refractivity contribution is 8.05. The van der Waals surface area contributed by atoms with Crippen molar-refractivity contribution in [3.8, 4) is 0 Å². The lowest BCUT2D eigenvalue weighted by Gasteiger charge is -2.23. The number of esters is 1. The lowest BCUT2D eigenvalue weighted by Crippen LogP contribution is -2.52. The summed E-state index contributed by atoms with van der Waals surface area (Å²) >= 11 is 0. The largest absolute Gasteiger partial charge is 0.512 e. The molecule has 1 aromatic rings. The van der Waals surface area contributed by atoms with Gasteiger partial charge in [0.15, 0.2) is 6.10 Å². The standard InChI is InChI=1S/C13H12F5NO6S2/c1-3-9-4-6-10(7-5-9)11(20)25-8(2)12(14,15)26(21,22)19-27(23,24)13(16,17)18/h3-8,19H,1H2,2H3. The van der Waals surface area contributed by atoms with Crippen molar-refractivity contribution in [2.45, 2.75) is 23.8 Å². The van der Waals surface area contributed by atoms with E-state index in [2.05, 4.69) is 11.3 Å². The molecule has 0 aromatic heterocycles. The van der Waals surface area contributed by atoms with Crippen LogP contribution < -0.4 is 4.13 Å². The van der Waals surface area contributed by atoms with Gasteiger partial charge in [0, 0.05) is 0 Å². The van der Waals surface area contributed by atoms with Crippen LogP contribution in [0.1, 0.15) is 22.8 Å². The normalized spacial score (nSPS) is 14.4. The van der Waals surface area contributed by atoms with Gasteiger partial charge in [-0.05, 0) is 24.6 Å². The topological polar surface area (TPSA) is 107 Å². The van der Waals surface area contributed by atoms with Gasteiger partial charge in [0.1, 0.15) is 0 Å². The van der Waals surface area contributed by atoms with Gasteiger partial charge in [-0.25, -0.2) is 21.6 Å². The van der Waals surface area contributed by atoms with Crippen LogP contribution in [0.15, 0.2) is 30.8 Å². The third kappa shape index (κ3) is 5.01. The molecule has 1 unspecified atom stereocenters. The summed E-state index contributed by atoms with van der Waals surface area (Å²) in [6.45, 7) is 3.81. The van der Waals surface area contributed by atoms with Crippen molar-refractivity contribution in [1.29, 1.82) is 0 Å². The smallest absolute Gasteiger partial charge is 0.451 e. The van der Waals surface area contributed by atoms with Crippen LogP contribution in [0, 0.1) is 0 Å². The average molecular weight is 437 g/mol. The maximum atomic E-state index is 13.9. The van der Waals surface area contributed by atoms with Crippen LogP contribution in [-0.4, -0.2) is 39.7 Å². The molecule has 1 aromatic carbocycles. The molecule has 0 fully saturated rings. The number of sulfonamides is 2. The van der Waals surface area contributed by atoms with Gasteiger partial charge in [-0.2, -0.15) is 22.0 Å². The number of nitrogens with one attached hydrogen (secondary N) is 1. The third-order valence-corrected chi connectivity index (χ3v) is 6.43. The highest BCUT2D eigenvalue weighted by Crippen LogP contribution is 2.31. The summed E-state index contributed by atoms with van der Waals surface area (Å²) < 4.78 is 113. The predicted octanol–water partition coefficient (Wildman–Crippen LogP) is 2.24. The molecule has 0 saturated heterocycles. The molecule has 1 atom stereocenters. The van der Waals surface area contributed by atoms with Crippen molar-refractivity contribution in [1.82, 2.24) is 4.13 Å². The van der Waals surface area contributed by atoms with Gasteiger partial charge in [-0.3, -0.25) is 0 Å². The number of carbonyl (C=O) groups is 1. The third-order valence-electron chi connectivity index (χ3n) is 3.02. The molecule has 0 aliphatic heterocycles. The molecule has 152 valence electrons. The Kier molecular flexibility index (Phi) is 6.40. The molecule has 27 heavy (non-hydrogen) atoms. The zero-order valence-electron chi connectivity index (χ0n) is 13.3. The van der Waals surface area contributed by atoms with Crippen LogP contribution in [0.4, 0.5) is 22.0 Å². The molecule has 0 saturated carbocycles. The minimum Gasteiger partial charge on any atom is -0.451 e. The van der Waals surface area contributed by atoms with E-state index in [0.29, 0.717) is 12.5 Å². The molecule has 0 amide bonds. The van der Waals surface area contributed by atoms with E-state index >= 15 is 0 Å². The molecule has 14 heteroatoms. The maximum absolute atomic E-state index is 13.9. The summed E-state index contributed by atoms with van der Waals surface area (Å²) in [4.78, 5) is 11.8. The molecule has 1 rings (SSSR count). The molecule has 0 spiro atoms. The first kappa shape index (κ1) is 23.0. The Bertz CT molecular complexity index is 923. The second kappa shape index (κ2) is 7.52. The lowest BCUT2D eigenvalue weighted by atomic mass is 10.1. The van der Waals surface area contributed by atoms with Gasteiger partial charge in [-0.15, -0.1) is 0 Å². The Morgan fingerprint density at radius 2 is 1.56 bits per heavy atom. The van der Waals surface area contributed by atoms with Gasteiger partial charge in [0.05, 0.1) is 5.56 Å². The lowest BCUT2D eigenvalue weighted by molar-refractivity contribution is -0.0524. The fourth-order valence-corrected chi connectivity index (χ4v) is 3.98. The van der Waals surface area contributed by atoms with Crippen LogP contribution >= 0.6 is 0 Å². The first-order valence-electron chi connectivity index (χ1n) is 6.71. The Hall–Kier alpha value is -2.06. The summed E-state index contributed by atoms with van der Waals surface area (Å²) in [5, 5.41) is -5.19. The number of carbonyl (C=O) groups excluding carboxylic acids is 1. The summed E-state index contributed by atoms with van der Waals surface area (Å²) in [6.07, 6.45) is -1.41. The zero-order valence-corrected chi connectivity index (χ0v) is 15.0. The summed E-state index contributed by atoms with van der Waals surface area (Å²) in [5.41, 5.74) is -5.85. The van der Waals surface area contributed by atoms with E-state index in [1.54, 1.807) is 0 Å². The molecule has 0 aliphatic rings. The van der Waals surface area contributed by atoms with E-state index in [1.807, 2.05) is 0 Å². The average Bonchev–Trinajstić information content (AvgIpc) is 2.52. The monoisotopic (exact) mass is 437 g/mol. The second-order valence-electron chi connectivity index (χ2n) is 4.97. The first-order valence-corrected chi connectivity index (χ1v) is 9.67. The maximum Gasteiger partial charge on any atom is 0.512 e. The van der Waals surface area contributed by atoms with Gasteiger partial charge in [0.25, 0.3) is 10.0 Å². The van der Waals surface area contributed by atoms with Gasteiger partial charge < -0.3 is 4.74 Å². The van der Waals surface area contributed by atoms with Gasteiger partial charge >= 0.3 is 26.8 Å². The highest BCUT2D eigenvalue weighted by atomic mass is 32.3. The Morgan fingerprint density at radius 1 is 1.07 bits per heavy atom. The molecule has 0 radical (unpaired) electrons. The van der Waals surface area contributed by atoms with Gasteiger partial charge in [0.2, 0.25) is 0 Å². The van der Waals surface area contributed by atoms with E-state index in [1.165, 1.54) is 18.2 Å². The number of alkyl halides is 5. The summed E-state index contributed by atoms with van der Waals surface area (Å²) in [6, 6.07) is 5.01. The summed E-state index contributed by atoms with van der Waals surface area (Å²) in [5.74, 6) is -1.41. The van der Waals surface area contributed by atoms with Crippen molar-refractivity contribution in [2.75, 3.05) is 0 Å². The second-order valence-corrected chi connectivity index (χ2v) is 8.66. The first-order chi connectivity index (χ1) is 12.0. The van der Waals surface area contributed by atoms with Crippen LogP contribution in [0.3, 0.4) is 0 Å². The number of hydrogen-bond donors (Lipinski definition) is 1. The number of hydrogen-bond acceptors (Lipinski definition) is 6. The number of ether oxygens (including phenoxy) is 1. The van der Waals surface area contributed by atoms with Crippen molar-refractivity contribution >= 4 is 32.1 Å². The Morgan fingerprint density at radius 3 is 1.96 bits per heavy atom. The van der Waals surface area contributed by atoms with E-state index in [-0.39, 0.29) is 9.69 Å². The van der Waals surface area contributed by atoms with Crippen LogP contribution in [0.25, 0.3) is 6.08 Å². The molecule has 0 heterocycles. The van der Waals surface area contributed by atoms with E-state index in [4.69, 9.17) is 0 Å². The zero-order chi connectivity index (χ0) is 21.3. The number of halogens is 5. The SMILES string of the molecule is C=Cc1ccc(C(=O)OC(C)C(F)(F)S(=O)(=O)NS(=O)(=O)C(F)(F)F)cc1. The number of rotatable bonds is 7. The fraction of sp³-hybridized carbons (Fsp3) is 0.308. The molecule has 1 N–H and O–H groups in total. The predicted molar refractivity (Wildman–Crippen MR) is 83.4 cm³/mol. The van der Waals surface area contributed by atoms with E-state index in [9.17, 15) is 43.6 Å². The van der Waals surface area contributed by atoms with E-state index in [0.717, 1.165) is 12.1 Å². The van der Waals surface area contributed by atoms with Crippen LogP contribution in [-0.2, 0) is 24.8 Å². The minimum atomic E-state index is -6.63. The van der Waals surface area contributed by atoms with Crippen LogP contribution in [0.2, 0.25) is 0 Å². The van der Waals surface area contributed by atoms with Crippen molar-refractivity contribution < 1.29 is 48.3 Å². The molecular weight excluding hydrogens is 425 g/mol. The van der Waals surface area contributed by atoms with Crippen molar-refractivity contribution in [3.05, 3.63) is 42.0 Å². The minimum absolute atomic E-state index is 0.111. The van der Waals surface area contributed by atoms with Crippen LogP contribution in [0.5, 0.6) is 0 Å². The fourth-order valence-electron chi connectivity index (χ4n) is 1.52. The van der Waals surface area contributed by atoms with Crippen molar-refractivity contribution in [3.63, 3.8) is 0 Å².